The summed E-state index contributed by atoms with van der Waals surface area (Å²) in [5.41, 5.74) is 2.87. The van der Waals surface area contributed by atoms with E-state index in [0.717, 1.165) is 17.3 Å². The zero-order chi connectivity index (χ0) is 20.8. The molecule has 8 heteroatoms. The molecule has 1 unspecified atom stereocenters. The second kappa shape index (κ2) is 7.12. The number of amides is 2. The molecule has 0 bridgehead atoms. The van der Waals surface area contributed by atoms with E-state index in [1.54, 1.807) is 4.68 Å². The highest BCUT2D eigenvalue weighted by atomic mass is 19.1. The second-order valence-electron chi connectivity index (χ2n) is 7.91. The van der Waals surface area contributed by atoms with Crippen LogP contribution in [0.15, 0.2) is 54.7 Å². The van der Waals surface area contributed by atoms with Crippen molar-refractivity contribution in [1.29, 1.82) is 0 Å². The number of nitrogens with one attached hydrogen (secondary N) is 2. The van der Waals surface area contributed by atoms with Crippen molar-refractivity contribution in [2.75, 3.05) is 23.3 Å². The van der Waals surface area contributed by atoms with Crippen molar-refractivity contribution in [3.05, 3.63) is 66.4 Å². The number of hydrogen-bond donors (Lipinski definition) is 2. The third-order valence-electron chi connectivity index (χ3n) is 5.87. The summed E-state index contributed by atoms with van der Waals surface area (Å²) in [4.78, 5) is 14.3. The van der Waals surface area contributed by atoms with E-state index >= 15 is 0 Å². The van der Waals surface area contributed by atoms with Crippen molar-refractivity contribution in [3.63, 3.8) is 0 Å². The van der Waals surface area contributed by atoms with Crippen LogP contribution in [0.3, 0.4) is 0 Å². The summed E-state index contributed by atoms with van der Waals surface area (Å²) in [6.45, 7) is 1.29. The summed E-state index contributed by atoms with van der Waals surface area (Å²) >= 11 is 0. The fourth-order valence-corrected chi connectivity index (χ4v) is 4.32. The van der Waals surface area contributed by atoms with Gasteiger partial charge in [0.2, 0.25) is 0 Å². The first-order chi connectivity index (χ1) is 14.5. The molecule has 2 fully saturated rings. The number of benzene rings is 2. The van der Waals surface area contributed by atoms with E-state index in [0.29, 0.717) is 24.5 Å². The lowest BCUT2D eigenvalue weighted by atomic mass is 10.1. The zero-order valence-corrected chi connectivity index (χ0v) is 16.3. The van der Waals surface area contributed by atoms with Gasteiger partial charge in [0.05, 0.1) is 11.4 Å². The molecule has 1 aliphatic heterocycles. The predicted molar refractivity (Wildman–Crippen MR) is 110 cm³/mol. The van der Waals surface area contributed by atoms with Crippen LogP contribution in [0.1, 0.15) is 0 Å². The van der Waals surface area contributed by atoms with Crippen LogP contribution in [-0.2, 0) is 7.05 Å². The molecule has 3 aromatic rings. The highest BCUT2D eigenvalue weighted by Gasteiger charge is 2.56. The fourth-order valence-electron chi connectivity index (χ4n) is 4.32. The highest BCUT2D eigenvalue weighted by Crippen LogP contribution is 2.47. The molecule has 0 radical (unpaired) electrons. The summed E-state index contributed by atoms with van der Waals surface area (Å²) in [5.74, 6) is -0.574. The third-order valence-corrected chi connectivity index (χ3v) is 5.87. The summed E-state index contributed by atoms with van der Waals surface area (Å²) in [6, 6.07) is 12.9. The lowest BCUT2D eigenvalue weighted by Crippen LogP contribution is -2.37. The molecule has 1 saturated carbocycles. The number of carbonyl (C=O) groups excluding carboxylic acids is 1. The first-order valence-electron chi connectivity index (χ1n) is 9.85. The lowest BCUT2D eigenvalue weighted by molar-refractivity contribution is 0.250. The van der Waals surface area contributed by atoms with Gasteiger partial charge in [0.25, 0.3) is 0 Å². The number of fused-ring (bicyclic) bond motifs is 1. The van der Waals surface area contributed by atoms with Crippen LogP contribution < -0.4 is 15.5 Å². The Morgan fingerprint density at radius 2 is 1.90 bits per heavy atom. The average Bonchev–Trinajstić information content (AvgIpc) is 3.06. The van der Waals surface area contributed by atoms with Crippen molar-refractivity contribution in [1.82, 2.24) is 15.1 Å². The molecule has 30 heavy (non-hydrogen) atoms. The smallest absolute Gasteiger partial charge is 0.319 e. The van der Waals surface area contributed by atoms with E-state index in [4.69, 9.17) is 0 Å². The van der Waals surface area contributed by atoms with Crippen molar-refractivity contribution in [3.8, 4) is 11.3 Å². The molecule has 1 aromatic heterocycles. The maximum absolute atomic E-state index is 14.0. The van der Waals surface area contributed by atoms with Gasteiger partial charge in [0.15, 0.2) is 0 Å². The number of aromatic nitrogens is 2. The maximum Gasteiger partial charge on any atom is 0.319 e. The molecule has 2 heterocycles. The number of anilines is 2. The minimum atomic E-state index is -0.580. The quantitative estimate of drug-likeness (QED) is 0.692. The number of urea groups is 1. The second-order valence-corrected chi connectivity index (χ2v) is 7.91. The van der Waals surface area contributed by atoms with Gasteiger partial charge in [-0.05, 0) is 30.3 Å². The number of aryl methyl sites for hydroxylation is 1. The molecular formula is C22H21F2N5O. The normalized spacial score (nSPS) is 22.0. The number of nitrogens with zero attached hydrogens (tertiary/aromatic N) is 3. The van der Waals surface area contributed by atoms with Gasteiger partial charge in [-0.2, -0.15) is 5.10 Å². The van der Waals surface area contributed by atoms with Crippen LogP contribution in [0, 0.1) is 23.5 Å². The lowest BCUT2D eigenvalue weighted by Gasteiger charge is -2.23. The zero-order valence-electron chi connectivity index (χ0n) is 16.3. The van der Waals surface area contributed by atoms with Crippen LogP contribution in [0.2, 0.25) is 0 Å². The number of rotatable bonds is 4. The van der Waals surface area contributed by atoms with Crippen molar-refractivity contribution in [2.24, 2.45) is 18.9 Å². The van der Waals surface area contributed by atoms with Gasteiger partial charge < -0.3 is 15.5 Å². The first-order valence-corrected chi connectivity index (χ1v) is 9.85. The number of halogens is 2. The molecule has 3 atom stereocenters. The standard InChI is InChI=1S/C22H21F2N5O/c1-28-8-7-19(27-28)13-3-2-4-15(9-13)25-22(30)26-21-16-11-29(12-17(16)21)20-6-5-14(23)10-18(20)24/h2-10,16-17,21H,11-12H2,1H3,(H2,25,26,30)/t16-,17+,21?. The van der Waals surface area contributed by atoms with E-state index in [1.807, 2.05) is 48.5 Å². The Balaban J connectivity index is 1.17. The van der Waals surface area contributed by atoms with E-state index in [1.165, 1.54) is 12.1 Å². The Kier molecular flexibility index (Phi) is 4.42. The topological polar surface area (TPSA) is 62.2 Å². The number of piperidine rings is 1. The van der Waals surface area contributed by atoms with Gasteiger partial charge in [-0.1, -0.05) is 12.1 Å². The molecule has 1 aliphatic carbocycles. The summed E-state index contributed by atoms with van der Waals surface area (Å²) in [7, 11) is 1.86. The van der Waals surface area contributed by atoms with Gasteiger partial charge in [0, 0.05) is 61.5 Å². The molecule has 2 N–H and O–H groups in total. The van der Waals surface area contributed by atoms with Gasteiger partial charge in [-0.15, -0.1) is 0 Å². The fraction of sp³-hybridized carbons (Fsp3) is 0.273. The molecule has 154 valence electrons. The van der Waals surface area contributed by atoms with Crippen LogP contribution >= 0.6 is 0 Å². The molecular weight excluding hydrogens is 388 g/mol. The minimum Gasteiger partial charge on any atom is -0.368 e. The molecule has 2 amide bonds. The third kappa shape index (κ3) is 3.49. The van der Waals surface area contributed by atoms with Crippen LogP contribution in [0.4, 0.5) is 25.0 Å². The van der Waals surface area contributed by atoms with Crippen LogP contribution in [-0.4, -0.2) is 34.9 Å². The molecule has 5 rings (SSSR count). The van der Waals surface area contributed by atoms with Crippen LogP contribution in [0.25, 0.3) is 11.3 Å². The van der Waals surface area contributed by atoms with Gasteiger partial charge in [-0.3, -0.25) is 4.68 Å². The van der Waals surface area contributed by atoms with Crippen LogP contribution in [0.5, 0.6) is 0 Å². The Morgan fingerprint density at radius 1 is 1.10 bits per heavy atom. The summed E-state index contributed by atoms with van der Waals surface area (Å²) in [6.07, 6.45) is 1.87. The monoisotopic (exact) mass is 409 g/mol. The molecule has 2 aromatic carbocycles. The van der Waals surface area contributed by atoms with Gasteiger partial charge in [-0.25, -0.2) is 13.6 Å². The van der Waals surface area contributed by atoms with Gasteiger partial charge >= 0.3 is 6.03 Å². The van der Waals surface area contributed by atoms with Crippen molar-refractivity contribution < 1.29 is 13.6 Å². The number of carbonyl (C=O) groups is 1. The summed E-state index contributed by atoms with van der Waals surface area (Å²) in [5, 5.41) is 10.3. The van der Waals surface area contributed by atoms with Gasteiger partial charge in [0.1, 0.15) is 11.6 Å². The average molecular weight is 409 g/mol. The van der Waals surface area contributed by atoms with Crippen molar-refractivity contribution in [2.45, 2.75) is 6.04 Å². The van der Waals surface area contributed by atoms with E-state index < -0.39 is 11.6 Å². The Bertz CT molecular complexity index is 1100. The first kappa shape index (κ1) is 18.6. The maximum atomic E-state index is 14.0. The molecule has 1 saturated heterocycles. The molecule has 6 nitrogen and oxygen atoms in total. The predicted octanol–water partition coefficient (Wildman–Crippen LogP) is 3.62. The van der Waals surface area contributed by atoms with Crippen molar-refractivity contribution >= 4 is 17.4 Å². The SMILES string of the molecule is Cn1ccc(-c2cccc(NC(=O)NC3[C@H]4CN(c5ccc(F)cc5F)C[C@@H]34)c2)n1. The molecule has 2 aliphatic rings. The minimum absolute atomic E-state index is 0.0729. The Hall–Kier alpha value is -3.42. The highest BCUT2D eigenvalue weighted by molar-refractivity contribution is 5.90. The largest absolute Gasteiger partial charge is 0.368 e. The number of hydrogen-bond acceptors (Lipinski definition) is 3. The Morgan fingerprint density at radius 3 is 2.60 bits per heavy atom. The Labute approximate surface area is 172 Å². The van der Waals surface area contributed by atoms with E-state index in [9.17, 15) is 13.6 Å². The summed E-state index contributed by atoms with van der Waals surface area (Å²) < 4.78 is 28.8. The van der Waals surface area contributed by atoms with E-state index in [-0.39, 0.29) is 23.9 Å². The molecule has 0 spiro atoms. The van der Waals surface area contributed by atoms with E-state index in [2.05, 4.69) is 15.7 Å².